The Bertz CT molecular complexity index is 1520. The molecule has 5 rings (SSSR count). The van der Waals surface area contributed by atoms with Crippen LogP contribution in [0.4, 0.5) is 18.0 Å². The minimum absolute atomic E-state index is 0.0183. The van der Waals surface area contributed by atoms with Gasteiger partial charge >= 0.3 is 12.5 Å². The number of halogens is 3. The summed E-state index contributed by atoms with van der Waals surface area (Å²) >= 11 is 0. The van der Waals surface area contributed by atoms with Crippen molar-refractivity contribution in [3.63, 3.8) is 0 Å². The van der Waals surface area contributed by atoms with Gasteiger partial charge in [0, 0.05) is 50.4 Å². The molecule has 3 aromatic rings. The van der Waals surface area contributed by atoms with Crippen LogP contribution in [0.3, 0.4) is 0 Å². The predicted octanol–water partition coefficient (Wildman–Crippen LogP) is 5.83. The lowest BCUT2D eigenvalue weighted by atomic mass is 9.92. The molecular formula is C32H42F3N5O4. The van der Waals surface area contributed by atoms with Crippen molar-refractivity contribution in [2.24, 2.45) is 7.05 Å². The summed E-state index contributed by atoms with van der Waals surface area (Å²) in [6.45, 7) is 9.89. The number of piperidine rings is 2. The Morgan fingerprint density at radius 3 is 2.30 bits per heavy atom. The average molecular weight is 618 g/mol. The summed E-state index contributed by atoms with van der Waals surface area (Å²) in [5.74, 6) is 0.869. The zero-order chi connectivity index (χ0) is 31.8. The molecule has 0 radical (unpaired) electrons. The Kier molecular flexibility index (Phi) is 9.13. The third-order valence-corrected chi connectivity index (χ3v) is 8.58. The second kappa shape index (κ2) is 12.5. The number of pyridine rings is 1. The number of hydrogen-bond acceptors (Lipinski definition) is 6. The average Bonchev–Trinajstić information content (AvgIpc) is 3.32. The number of benzene rings is 1. The number of hydrogen-bond donors (Lipinski definition) is 0. The van der Waals surface area contributed by atoms with E-state index in [4.69, 9.17) is 9.72 Å². The van der Waals surface area contributed by atoms with Gasteiger partial charge in [0.15, 0.2) is 0 Å². The molecule has 4 heterocycles. The molecule has 9 nitrogen and oxygen atoms in total. The maximum atomic E-state index is 12.9. The fraction of sp³-hybridized carbons (Fsp3) is 0.594. The Morgan fingerprint density at radius 1 is 1.00 bits per heavy atom. The lowest BCUT2D eigenvalue weighted by molar-refractivity contribution is -0.325. The second-order valence-electron chi connectivity index (χ2n) is 13.0. The van der Waals surface area contributed by atoms with Crippen molar-refractivity contribution in [1.82, 2.24) is 23.9 Å². The SMILES string of the molecule is Cc1cc(-c2ccc3nc(C4CCN(C5CCN(C(=O)OC(C)(C)C)CC5)CC4)n(CCOC(F)(F)F)c3c2)cn(C)c1=O. The summed E-state index contributed by atoms with van der Waals surface area (Å²) in [7, 11) is 1.70. The molecule has 0 unspecified atom stereocenters. The zero-order valence-corrected chi connectivity index (χ0v) is 26.1. The first-order chi connectivity index (χ1) is 20.7. The minimum atomic E-state index is -4.71. The highest BCUT2D eigenvalue weighted by Crippen LogP contribution is 2.34. The van der Waals surface area contributed by atoms with Crippen LogP contribution in [0.1, 0.15) is 63.8 Å². The van der Waals surface area contributed by atoms with Gasteiger partial charge in [-0.15, -0.1) is 13.2 Å². The number of rotatable bonds is 6. The second-order valence-corrected chi connectivity index (χ2v) is 13.0. The molecule has 0 aliphatic carbocycles. The van der Waals surface area contributed by atoms with Crippen molar-refractivity contribution in [2.45, 2.75) is 83.8 Å². The van der Waals surface area contributed by atoms with Gasteiger partial charge in [-0.25, -0.2) is 9.78 Å². The van der Waals surface area contributed by atoms with Crippen molar-refractivity contribution < 1.29 is 27.4 Å². The topological polar surface area (TPSA) is 81.8 Å². The molecule has 240 valence electrons. The van der Waals surface area contributed by atoms with E-state index in [1.165, 1.54) is 4.57 Å². The number of ether oxygens (including phenoxy) is 2. The van der Waals surface area contributed by atoms with Gasteiger partial charge in [-0.1, -0.05) is 6.07 Å². The van der Waals surface area contributed by atoms with E-state index in [9.17, 15) is 22.8 Å². The van der Waals surface area contributed by atoms with Crippen LogP contribution in [0.15, 0.2) is 35.3 Å². The number of amides is 1. The van der Waals surface area contributed by atoms with Crippen LogP contribution >= 0.6 is 0 Å². The molecule has 1 amide bonds. The van der Waals surface area contributed by atoms with Gasteiger partial charge in [-0.05, 0) is 95.8 Å². The fourth-order valence-corrected chi connectivity index (χ4v) is 6.42. The maximum Gasteiger partial charge on any atom is 0.522 e. The van der Waals surface area contributed by atoms with Gasteiger partial charge in [0.1, 0.15) is 11.4 Å². The van der Waals surface area contributed by atoms with Crippen LogP contribution in [0.5, 0.6) is 0 Å². The molecule has 2 aromatic heterocycles. The van der Waals surface area contributed by atoms with Crippen molar-refractivity contribution in [1.29, 1.82) is 0 Å². The van der Waals surface area contributed by atoms with Crippen molar-refractivity contribution in [3.05, 3.63) is 52.2 Å². The molecular weight excluding hydrogens is 575 g/mol. The molecule has 0 saturated carbocycles. The van der Waals surface area contributed by atoms with Crippen LogP contribution < -0.4 is 5.56 Å². The quantitative estimate of drug-likeness (QED) is 0.347. The molecule has 12 heteroatoms. The Hall–Kier alpha value is -3.38. The highest BCUT2D eigenvalue weighted by molar-refractivity contribution is 5.83. The van der Waals surface area contributed by atoms with Crippen LogP contribution in [0.25, 0.3) is 22.2 Å². The summed E-state index contributed by atoms with van der Waals surface area (Å²) in [6.07, 6.45) is 0.217. The summed E-state index contributed by atoms with van der Waals surface area (Å²) in [6, 6.07) is 7.96. The summed E-state index contributed by atoms with van der Waals surface area (Å²) in [4.78, 5) is 33.9. The fourth-order valence-electron chi connectivity index (χ4n) is 6.42. The summed E-state index contributed by atoms with van der Waals surface area (Å²) in [5.41, 5.74) is 3.17. The highest BCUT2D eigenvalue weighted by Gasteiger charge is 2.33. The van der Waals surface area contributed by atoms with Crippen molar-refractivity contribution >= 4 is 17.1 Å². The third kappa shape index (κ3) is 7.46. The van der Waals surface area contributed by atoms with Crippen molar-refractivity contribution in [2.75, 3.05) is 32.8 Å². The number of aromatic nitrogens is 3. The lowest BCUT2D eigenvalue weighted by Gasteiger charge is -2.41. The van der Waals surface area contributed by atoms with Gasteiger partial charge in [-0.3, -0.25) is 9.53 Å². The zero-order valence-electron chi connectivity index (χ0n) is 26.1. The van der Waals surface area contributed by atoms with Crippen LogP contribution in [-0.2, 0) is 23.1 Å². The van der Waals surface area contributed by atoms with Gasteiger partial charge in [-0.2, -0.15) is 0 Å². The van der Waals surface area contributed by atoms with Crippen LogP contribution in [0, 0.1) is 6.92 Å². The first-order valence-corrected chi connectivity index (χ1v) is 15.3. The highest BCUT2D eigenvalue weighted by atomic mass is 19.4. The van der Waals surface area contributed by atoms with E-state index in [2.05, 4.69) is 9.64 Å². The number of imidazole rings is 1. The van der Waals surface area contributed by atoms with Gasteiger partial charge in [0.2, 0.25) is 0 Å². The first-order valence-electron chi connectivity index (χ1n) is 15.3. The van der Waals surface area contributed by atoms with Crippen LogP contribution in [0.2, 0.25) is 0 Å². The van der Waals surface area contributed by atoms with Gasteiger partial charge in [0.25, 0.3) is 5.56 Å². The largest absolute Gasteiger partial charge is 0.522 e. The Morgan fingerprint density at radius 2 is 1.68 bits per heavy atom. The van der Waals surface area contributed by atoms with E-state index in [-0.39, 0.29) is 24.1 Å². The molecule has 2 aliphatic heterocycles. The molecule has 0 atom stereocenters. The van der Waals surface area contributed by atoms with E-state index in [0.717, 1.165) is 61.2 Å². The summed E-state index contributed by atoms with van der Waals surface area (Å²) in [5, 5.41) is 0. The van der Waals surface area contributed by atoms with Gasteiger partial charge in [0.05, 0.1) is 17.6 Å². The lowest BCUT2D eigenvalue weighted by Crippen LogP contribution is -2.49. The Balaban J connectivity index is 1.32. The molecule has 2 aliphatic rings. The standard InChI is InChI=1S/C32H42F3N5O4/c1-21-18-24(20-37(5)29(21)41)23-6-7-26-27(19-23)40(16-17-43-32(33,34)35)28(36-26)22-8-12-38(13-9-22)25-10-14-39(15-11-25)30(42)44-31(2,3)4/h6-7,18-20,22,25H,8-17H2,1-5H3. The molecule has 1 aromatic carbocycles. The monoisotopic (exact) mass is 617 g/mol. The first kappa shape index (κ1) is 32.0. The third-order valence-electron chi connectivity index (χ3n) is 8.58. The smallest absolute Gasteiger partial charge is 0.444 e. The molecule has 44 heavy (non-hydrogen) atoms. The molecule has 0 N–H and O–H groups in total. The van der Waals surface area contributed by atoms with E-state index in [0.29, 0.717) is 30.2 Å². The maximum absolute atomic E-state index is 12.9. The minimum Gasteiger partial charge on any atom is -0.444 e. The van der Waals surface area contributed by atoms with E-state index < -0.39 is 18.6 Å². The molecule has 0 spiro atoms. The molecule has 2 fully saturated rings. The normalized spacial score (nSPS) is 17.9. The molecule has 0 bridgehead atoms. The number of likely N-dealkylation sites (tertiary alicyclic amines) is 2. The van der Waals surface area contributed by atoms with Gasteiger partial charge < -0.3 is 23.7 Å². The number of carbonyl (C=O) groups is 1. The van der Waals surface area contributed by atoms with E-state index >= 15 is 0 Å². The van der Waals surface area contributed by atoms with Crippen LogP contribution in [-0.4, -0.2) is 80.8 Å². The van der Waals surface area contributed by atoms with Crippen molar-refractivity contribution in [3.8, 4) is 11.1 Å². The number of fused-ring (bicyclic) bond motifs is 1. The Labute approximate surface area is 255 Å². The number of alkyl halides is 3. The summed E-state index contributed by atoms with van der Waals surface area (Å²) < 4.78 is 51.8. The van der Waals surface area contributed by atoms with E-state index in [1.54, 1.807) is 25.1 Å². The number of aryl methyl sites for hydroxylation is 2. The molecule has 2 saturated heterocycles. The predicted molar refractivity (Wildman–Crippen MR) is 162 cm³/mol. The number of nitrogens with zero attached hydrogens (tertiary/aromatic N) is 5. The van der Waals surface area contributed by atoms with E-state index in [1.807, 2.05) is 49.6 Å². The number of carbonyl (C=O) groups excluding carboxylic acids is 1.